The van der Waals surface area contributed by atoms with Crippen LogP contribution in [0.1, 0.15) is 10.4 Å². The minimum absolute atomic E-state index is 0.219. The van der Waals surface area contributed by atoms with E-state index in [1.807, 2.05) is 0 Å². The van der Waals surface area contributed by atoms with E-state index in [0.717, 1.165) is 0 Å². The van der Waals surface area contributed by atoms with E-state index in [1.165, 1.54) is 0 Å². The number of carbonyl (C=O) groups excluding carboxylic acids is 1. The molecule has 0 aliphatic heterocycles. The predicted octanol–water partition coefficient (Wildman–Crippen LogP) is 5.07. The van der Waals surface area contributed by atoms with Crippen LogP contribution in [0.25, 0.3) is 11.1 Å². The van der Waals surface area contributed by atoms with Crippen LogP contribution in [0.5, 0.6) is 0 Å². The van der Waals surface area contributed by atoms with E-state index in [4.69, 9.17) is 52.1 Å². The summed E-state index contributed by atoms with van der Waals surface area (Å²) >= 11 is 24.0. The first kappa shape index (κ1) is 14.5. The summed E-state index contributed by atoms with van der Waals surface area (Å²) in [5.74, 6) is -0.575. The second-order valence-electron chi connectivity index (χ2n) is 3.78. The van der Waals surface area contributed by atoms with Crippen LogP contribution in [-0.4, -0.2) is 5.91 Å². The first-order valence-electron chi connectivity index (χ1n) is 5.15. The van der Waals surface area contributed by atoms with Crippen molar-refractivity contribution >= 4 is 52.3 Å². The Morgan fingerprint density at radius 1 is 0.895 bits per heavy atom. The SMILES string of the molecule is NC(=O)c1ccc(Cl)cc1-c1ccc(Cl)c(Cl)c1Cl. The average molecular weight is 335 g/mol. The number of halogens is 4. The van der Waals surface area contributed by atoms with Gasteiger partial charge in [0.15, 0.2) is 0 Å². The fourth-order valence-electron chi connectivity index (χ4n) is 1.69. The lowest BCUT2D eigenvalue weighted by Crippen LogP contribution is -2.12. The molecule has 0 aliphatic rings. The maximum absolute atomic E-state index is 11.4. The molecule has 2 aromatic carbocycles. The van der Waals surface area contributed by atoms with Crippen LogP contribution in [0.3, 0.4) is 0 Å². The summed E-state index contributed by atoms with van der Waals surface area (Å²) in [6, 6.07) is 7.98. The summed E-state index contributed by atoms with van der Waals surface area (Å²) in [6.07, 6.45) is 0. The van der Waals surface area contributed by atoms with E-state index in [1.54, 1.807) is 30.3 Å². The fourth-order valence-corrected chi connectivity index (χ4v) is 2.50. The molecule has 1 amide bonds. The van der Waals surface area contributed by atoms with Gasteiger partial charge in [-0.05, 0) is 29.8 Å². The normalized spacial score (nSPS) is 10.5. The van der Waals surface area contributed by atoms with Gasteiger partial charge in [0.05, 0.1) is 15.1 Å². The molecule has 19 heavy (non-hydrogen) atoms. The molecule has 2 aromatic rings. The molecule has 0 spiro atoms. The number of rotatable bonds is 2. The van der Waals surface area contributed by atoms with Crippen LogP contribution in [0.2, 0.25) is 20.1 Å². The largest absolute Gasteiger partial charge is 0.366 e. The van der Waals surface area contributed by atoms with Crippen molar-refractivity contribution in [2.24, 2.45) is 5.73 Å². The van der Waals surface area contributed by atoms with Crippen LogP contribution >= 0.6 is 46.4 Å². The summed E-state index contributed by atoms with van der Waals surface area (Å²) in [4.78, 5) is 11.4. The Hall–Kier alpha value is -0.930. The summed E-state index contributed by atoms with van der Waals surface area (Å²) < 4.78 is 0. The molecule has 6 heteroatoms. The molecule has 98 valence electrons. The van der Waals surface area contributed by atoms with Crippen LogP contribution < -0.4 is 5.73 Å². The lowest BCUT2D eigenvalue weighted by Gasteiger charge is -2.11. The van der Waals surface area contributed by atoms with Crippen molar-refractivity contribution in [3.63, 3.8) is 0 Å². The topological polar surface area (TPSA) is 43.1 Å². The van der Waals surface area contributed by atoms with E-state index in [2.05, 4.69) is 0 Å². The zero-order valence-electron chi connectivity index (χ0n) is 9.38. The summed E-state index contributed by atoms with van der Waals surface area (Å²) in [5.41, 5.74) is 6.71. The molecule has 0 aromatic heterocycles. The maximum atomic E-state index is 11.4. The zero-order chi connectivity index (χ0) is 14.2. The number of amides is 1. The summed E-state index contributed by atoms with van der Waals surface area (Å²) in [6.45, 7) is 0. The van der Waals surface area contributed by atoms with Gasteiger partial charge in [-0.2, -0.15) is 0 Å². The highest BCUT2D eigenvalue weighted by molar-refractivity contribution is 6.49. The predicted molar refractivity (Wildman–Crippen MR) is 80.4 cm³/mol. The highest BCUT2D eigenvalue weighted by Gasteiger charge is 2.16. The molecule has 2 rings (SSSR count). The van der Waals surface area contributed by atoms with E-state index < -0.39 is 5.91 Å². The van der Waals surface area contributed by atoms with Gasteiger partial charge >= 0.3 is 0 Å². The molecule has 0 atom stereocenters. The third-order valence-electron chi connectivity index (χ3n) is 2.57. The number of hydrogen-bond acceptors (Lipinski definition) is 1. The van der Waals surface area contributed by atoms with E-state index in [9.17, 15) is 4.79 Å². The summed E-state index contributed by atoms with van der Waals surface area (Å²) in [7, 11) is 0. The first-order chi connectivity index (χ1) is 8.91. The standard InChI is InChI=1S/C13H7Cl4NO/c14-6-1-2-8(13(18)19)9(5-6)7-3-4-10(15)12(17)11(7)16/h1-5H,(H2,18,19). The Kier molecular flexibility index (Phi) is 4.26. The van der Waals surface area contributed by atoms with Gasteiger partial charge in [0.1, 0.15) is 0 Å². The lowest BCUT2D eigenvalue weighted by atomic mass is 9.99. The molecule has 0 saturated heterocycles. The van der Waals surface area contributed by atoms with Crippen LogP contribution in [0.15, 0.2) is 30.3 Å². The van der Waals surface area contributed by atoms with E-state index in [-0.39, 0.29) is 10.0 Å². The number of hydrogen-bond donors (Lipinski definition) is 1. The minimum Gasteiger partial charge on any atom is -0.366 e. The van der Waals surface area contributed by atoms with Gasteiger partial charge in [0, 0.05) is 16.1 Å². The molecular formula is C13H7Cl4NO. The van der Waals surface area contributed by atoms with Gasteiger partial charge in [-0.25, -0.2) is 0 Å². The molecule has 2 N–H and O–H groups in total. The fraction of sp³-hybridized carbons (Fsp3) is 0. The molecule has 0 radical (unpaired) electrons. The Morgan fingerprint density at radius 2 is 1.58 bits per heavy atom. The van der Waals surface area contributed by atoms with E-state index >= 15 is 0 Å². The Labute approximate surface area is 130 Å². The molecule has 0 bridgehead atoms. The quantitative estimate of drug-likeness (QED) is 0.766. The molecule has 0 saturated carbocycles. The molecule has 0 unspecified atom stereocenters. The van der Waals surface area contributed by atoms with Crippen LogP contribution in [0.4, 0.5) is 0 Å². The molecule has 0 aliphatic carbocycles. The molecule has 0 fully saturated rings. The van der Waals surface area contributed by atoms with Gasteiger partial charge in [-0.15, -0.1) is 0 Å². The maximum Gasteiger partial charge on any atom is 0.249 e. The monoisotopic (exact) mass is 333 g/mol. The van der Waals surface area contributed by atoms with Crippen molar-refractivity contribution in [3.8, 4) is 11.1 Å². The number of primary amides is 1. The number of benzene rings is 2. The average Bonchev–Trinajstić information content (AvgIpc) is 2.35. The lowest BCUT2D eigenvalue weighted by molar-refractivity contribution is 0.100. The highest BCUT2D eigenvalue weighted by Crippen LogP contribution is 2.39. The third-order valence-corrected chi connectivity index (χ3v) is 4.10. The Balaban J connectivity index is 2.75. The van der Waals surface area contributed by atoms with Gasteiger partial charge in [-0.1, -0.05) is 52.5 Å². The van der Waals surface area contributed by atoms with Crippen LogP contribution in [-0.2, 0) is 0 Å². The van der Waals surface area contributed by atoms with Crippen molar-refractivity contribution in [3.05, 3.63) is 56.0 Å². The highest BCUT2D eigenvalue weighted by atomic mass is 35.5. The molecular weight excluding hydrogens is 328 g/mol. The Bertz CT molecular complexity index is 670. The number of nitrogens with two attached hydrogens (primary N) is 1. The van der Waals surface area contributed by atoms with E-state index in [0.29, 0.717) is 26.7 Å². The van der Waals surface area contributed by atoms with Crippen LogP contribution in [0, 0.1) is 0 Å². The molecule has 0 heterocycles. The summed E-state index contributed by atoms with van der Waals surface area (Å²) in [5, 5.41) is 1.26. The minimum atomic E-state index is -0.575. The second-order valence-corrected chi connectivity index (χ2v) is 5.38. The molecule has 2 nitrogen and oxygen atoms in total. The smallest absolute Gasteiger partial charge is 0.249 e. The van der Waals surface area contributed by atoms with Crippen molar-refractivity contribution < 1.29 is 4.79 Å². The van der Waals surface area contributed by atoms with Crippen molar-refractivity contribution in [1.82, 2.24) is 0 Å². The van der Waals surface area contributed by atoms with Crippen molar-refractivity contribution in [2.75, 3.05) is 0 Å². The van der Waals surface area contributed by atoms with Crippen molar-refractivity contribution in [1.29, 1.82) is 0 Å². The first-order valence-corrected chi connectivity index (χ1v) is 6.66. The van der Waals surface area contributed by atoms with Gasteiger partial charge < -0.3 is 5.73 Å². The number of carbonyl (C=O) groups is 1. The third kappa shape index (κ3) is 2.82. The van der Waals surface area contributed by atoms with Gasteiger partial charge in [-0.3, -0.25) is 4.79 Å². The van der Waals surface area contributed by atoms with Gasteiger partial charge in [0.25, 0.3) is 0 Å². The van der Waals surface area contributed by atoms with Crippen molar-refractivity contribution in [2.45, 2.75) is 0 Å². The Morgan fingerprint density at radius 3 is 2.21 bits per heavy atom. The van der Waals surface area contributed by atoms with Gasteiger partial charge in [0.2, 0.25) is 5.91 Å². The second kappa shape index (κ2) is 5.59. The zero-order valence-corrected chi connectivity index (χ0v) is 12.4.